The fourth-order valence-electron chi connectivity index (χ4n) is 1.70. The van der Waals surface area contributed by atoms with Crippen LogP contribution < -0.4 is 5.32 Å². The van der Waals surface area contributed by atoms with E-state index in [9.17, 15) is 22.4 Å². The Balaban J connectivity index is 2.35. The minimum atomic E-state index is -4.63. The summed E-state index contributed by atoms with van der Waals surface area (Å²) in [6, 6.07) is 7.68. The number of rotatable bonds is 2. The van der Waals surface area contributed by atoms with E-state index >= 15 is 0 Å². The van der Waals surface area contributed by atoms with Gasteiger partial charge in [-0.25, -0.2) is 4.39 Å². The van der Waals surface area contributed by atoms with Gasteiger partial charge in [-0.2, -0.15) is 13.2 Å². The summed E-state index contributed by atoms with van der Waals surface area (Å²) in [4.78, 5) is 11.9. The zero-order chi connectivity index (χ0) is 15.6. The van der Waals surface area contributed by atoms with Crippen LogP contribution in [0.15, 0.2) is 42.5 Å². The van der Waals surface area contributed by atoms with Crippen molar-refractivity contribution in [3.05, 3.63) is 64.4 Å². The maximum absolute atomic E-state index is 13.5. The van der Waals surface area contributed by atoms with Crippen LogP contribution in [0.3, 0.4) is 0 Å². The molecule has 0 atom stereocenters. The van der Waals surface area contributed by atoms with E-state index in [1.165, 1.54) is 18.2 Å². The molecule has 0 aliphatic heterocycles. The second-order valence-corrected chi connectivity index (χ2v) is 4.56. The van der Waals surface area contributed by atoms with Crippen molar-refractivity contribution in [2.45, 2.75) is 6.18 Å². The number of benzene rings is 2. The number of halogens is 5. The first kappa shape index (κ1) is 15.3. The van der Waals surface area contributed by atoms with Gasteiger partial charge in [-0.3, -0.25) is 4.79 Å². The Morgan fingerprint density at radius 3 is 2.43 bits per heavy atom. The molecule has 2 aromatic rings. The van der Waals surface area contributed by atoms with Crippen molar-refractivity contribution in [1.29, 1.82) is 0 Å². The van der Waals surface area contributed by atoms with Gasteiger partial charge >= 0.3 is 6.18 Å². The predicted octanol–water partition coefficient (Wildman–Crippen LogP) is 4.75. The van der Waals surface area contributed by atoms with Crippen molar-refractivity contribution < 1.29 is 22.4 Å². The van der Waals surface area contributed by atoms with Crippen molar-refractivity contribution in [2.75, 3.05) is 5.32 Å². The summed E-state index contributed by atoms with van der Waals surface area (Å²) in [5.41, 5.74) is -1.89. The molecule has 0 bridgehead atoms. The molecule has 7 heteroatoms. The first-order valence-corrected chi connectivity index (χ1v) is 6.09. The second-order valence-electron chi connectivity index (χ2n) is 4.12. The smallest absolute Gasteiger partial charge is 0.321 e. The van der Waals surface area contributed by atoms with Gasteiger partial charge in [0, 0.05) is 5.02 Å². The summed E-state index contributed by atoms with van der Waals surface area (Å²) in [5.74, 6) is -1.88. The van der Waals surface area contributed by atoms with Gasteiger partial charge in [0.1, 0.15) is 5.82 Å². The highest BCUT2D eigenvalue weighted by molar-refractivity contribution is 6.31. The Labute approximate surface area is 122 Å². The maximum Gasteiger partial charge on any atom is 0.418 e. The monoisotopic (exact) mass is 317 g/mol. The molecule has 2 rings (SSSR count). The van der Waals surface area contributed by atoms with Gasteiger partial charge in [0.2, 0.25) is 0 Å². The molecule has 1 amide bonds. The van der Waals surface area contributed by atoms with E-state index in [1.54, 1.807) is 0 Å². The molecule has 21 heavy (non-hydrogen) atoms. The van der Waals surface area contributed by atoms with E-state index in [-0.39, 0.29) is 5.02 Å². The van der Waals surface area contributed by atoms with Crippen LogP contribution in [0.1, 0.15) is 15.9 Å². The Morgan fingerprint density at radius 2 is 1.76 bits per heavy atom. The number of carbonyl (C=O) groups is 1. The molecule has 0 spiro atoms. The molecule has 110 valence electrons. The maximum atomic E-state index is 13.5. The molecule has 2 aromatic carbocycles. The third-order valence-electron chi connectivity index (χ3n) is 2.65. The molecule has 1 N–H and O–H groups in total. The highest BCUT2D eigenvalue weighted by atomic mass is 35.5. The standard InChI is InChI=1S/C14H8ClF4NO/c15-8-5-6-11(16)9(7-8)13(21)20-12-4-2-1-3-10(12)14(17,18)19/h1-7H,(H,20,21). The van der Waals surface area contributed by atoms with Gasteiger partial charge in [-0.15, -0.1) is 0 Å². The molecule has 0 saturated heterocycles. The largest absolute Gasteiger partial charge is 0.418 e. The lowest BCUT2D eigenvalue weighted by atomic mass is 10.1. The number of hydrogen-bond acceptors (Lipinski definition) is 1. The van der Waals surface area contributed by atoms with Gasteiger partial charge in [0.05, 0.1) is 16.8 Å². The van der Waals surface area contributed by atoms with Crippen LogP contribution in [-0.2, 0) is 6.18 Å². The fourth-order valence-corrected chi connectivity index (χ4v) is 1.87. The summed E-state index contributed by atoms with van der Waals surface area (Å²) in [6.07, 6.45) is -4.63. The number of hydrogen-bond donors (Lipinski definition) is 1. The molecular formula is C14H8ClF4NO. The molecule has 0 aliphatic carbocycles. The quantitative estimate of drug-likeness (QED) is 0.796. The molecule has 0 fully saturated rings. The summed E-state index contributed by atoms with van der Waals surface area (Å²) >= 11 is 5.64. The lowest BCUT2D eigenvalue weighted by molar-refractivity contribution is -0.136. The minimum Gasteiger partial charge on any atom is -0.321 e. The zero-order valence-corrected chi connectivity index (χ0v) is 11.1. The number of anilines is 1. The van der Waals surface area contributed by atoms with Crippen molar-refractivity contribution in [1.82, 2.24) is 0 Å². The van der Waals surface area contributed by atoms with Crippen LogP contribution in [0.5, 0.6) is 0 Å². The summed E-state index contributed by atoms with van der Waals surface area (Å²) < 4.78 is 51.9. The first-order valence-electron chi connectivity index (χ1n) is 5.71. The average Bonchev–Trinajstić information content (AvgIpc) is 2.41. The third-order valence-corrected chi connectivity index (χ3v) is 2.89. The summed E-state index contributed by atoms with van der Waals surface area (Å²) in [6.45, 7) is 0. The minimum absolute atomic E-state index is 0.102. The Bertz CT molecular complexity index is 685. The highest BCUT2D eigenvalue weighted by Crippen LogP contribution is 2.34. The summed E-state index contributed by atoms with van der Waals surface area (Å²) in [5, 5.41) is 2.15. The Morgan fingerprint density at radius 1 is 1.10 bits per heavy atom. The van der Waals surface area contributed by atoms with Crippen molar-refractivity contribution in [3.8, 4) is 0 Å². The topological polar surface area (TPSA) is 29.1 Å². The SMILES string of the molecule is O=C(Nc1ccccc1C(F)(F)F)c1cc(Cl)ccc1F. The Kier molecular flexibility index (Phi) is 4.18. The van der Waals surface area contributed by atoms with Crippen LogP contribution in [0.2, 0.25) is 5.02 Å². The van der Waals surface area contributed by atoms with Gasteiger partial charge in [0.25, 0.3) is 5.91 Å². The summed E-state index contributed by atoms with van der Waals surface area (Å²) in [7, 11) is 0. The Hall–Kier alpha value is -2.08. The van der Waals surface area contributed by atoms with Gasteiger partial charge < -0.3 is 5.32 Å². The number of nitrogens with one attached hydrogen (secondary N) is 1. The van der Waals surface area contributed by atoms with Crippen LogP contribution >= 0.6 is 11.6 Å². The zero-order valence-electron chi connectivity index (χ0n) is 10.3. The lowest BCUT2D eigenvalue weighted by Gasteiger charge is -2.13. The number of amides is 1. The molecule has 2 nitrogen and oxygen atoms in total. The van der Waals surface area contributed by atoms with Crippen LogP contribution in [0, 0.1) is 5.82 Å². The van der Waals surface area contributed by atoms with E-state index in [1.807, 2.05) is 5.32 Å². The second kappa shape index (κ2) is 5.73. The highest BCUT2D eigenvalue weighted by Gasteiger charge is 2.33. The molecule has 0 unspecified atom stereocenters. The van der Waals surface area contributed by atoms with Gasteiger partial charge in [0.15, 0.2) is 0 Å². The van der Waals surface area contributed by atoms with E-state index in [0.29, 0.717) is 0 Å². The number of carbonyl (C=O) groups excluding carboxylic acids is 1. The van der Waals surface area contributed by atoms with E-state index in [4.69, 9.17) is 11.6 Å². The lowest BCUT2D eigenvalue weighted by Crippen LogP contribution is -2.17. The molecule has 0 aliphatic rings. The van der Waals surface area contributed by atoms with E-state index in [2.05, 4.69) is 0 Å². The molecule has 0 aromatic heterocycles. The number of para-hydroxylation sites is 1. The normalized spacial score (nSPS) is 11.3. The average molecular weight is 318 g/mol. The van der Waals surface area contributed by atoms with Crippen LogP contribution in [0.25, 0.3) is 0 Å². The molecular weight excluding hydrogens is 310 g/mol. The van der Waals surface area contributed by atoms with E-state index < -0.39 is 34.7 Å². The fraction of sp³-hybridized carbons (Fsp3) is 0.0714. The first-order chi connectivity index (χ1) is 9.79. The number of alkyl halides is 3. The van der Waals surface area contributed by atoms with Crippen molar-refractivity contribution in [3.63, 3.8) is 0 Å². The molecule has 0 saturated carbocycles. The van der Waals surface area contributed by atoms with Crippen LogP contribution in [0.4, 0.5) is 23.2 Å². The van der Waals surface area contributed by atoms with Crippen molar-refractivity contribution in [2.24, 2.45) is 0 Å². The van der Waals surface area contributed by atoms with Gasteiger partial charge in [-0.1, -0.05) is 23.7 Å². The predicted molar refractivity (Wildman–Crippen MR) is 70.8 cm³/mol. The molecule has 0 heterocycles. The third kappa shape index (κ3) is 3.52. The van der Waals surface area contributed by atoms with E-state index in [0.717, 1.165) is 24.3 Å². The molecule has 0 radical (unpaired) electrons. The van der Waals surface area contributed by atoms with Crippen molar-refractivity contribution >= 4 is 23.2 Å². The van der Waals surface area contributed by atoms with Crippen LogP contribution in [-0.4, -0.2) is 5.91 Å². The van der Waals surface area contributed by atoms with Gasteiger partial charge in [-0.05, 0) is 30.3 Å².